The second kappa shape index (κ2) is 6.71. The molecule has 0 spiro atoms. The third kappa shape index (κ3) is 3.51. The topological polar surface area (TPSA) is 58.4 Å². The maximum Gasteiger partial charge on any atom is 0.230 e. The van der Waals surface area contributed by atoms with E-state index < -0.39 is 0 Å². The lowest BCUT2D eigenvalue weighted by Crippen LogP contribution is -2.49. The first kappa shape index (κ1) is 17.6. The average Bonchev–Trinajstić information content (AvgIpc) is 3.52. The van der Waals surface area contributed by atoms with Crippen molar-refractivity contribution in [3.8, 4) is 0 Å². The summed E-state index contributed by atoms with van der Waals surface area (Å²) in [5.74, 6) is 1.48. The molecule has 142 valence electrons. The molecule has 0 bridgehead atoms. The van der Waals surface area contributed by atoms with Crippen LogP contribution in [0.25, 0.3) is 0 Å². The zero-order valence-corrected chi connectivity index (χ0v) is 15.9. The molecule has 0 unspecified atom stereocenters. The molecule has 6 heteroatoms. The van der Waals surface area contributed by atoms with Crippen LogP contribution in [0.4, 0.5) is 0 Å². The molecule has 6 nitrogen and oxygen atoms in total. The highest BCUT2D eigenvalue weighted by Gasteiger charge is 2.53. The molecule has 1 aromatic rings. The molecule has 26 heavy (non-hydrogen) atoms. The Balaban J connectivity index is 1.49. The summed E-state index contributed by atoms with van der Waals surface area (Å²) >= 11 is 0. The summed E-state index contributed by atoms with van der Waals surface area (Å²) in [7, 11) is 0. The Kier molecular flexibility index (Phi) is 4.53. The van der Waals surface area contributed by atoms with Gasteiger partial charge in [0.2, 0.25) is 11.8 Å². The summed E-state index contributed by atoms with van der Waals surface area (Å²) in [5, 5.41) is 4.28. The van der Waals surface area contributed by atoms with Crippen LogP contribution < -0.4 is 0 Å². The zero-order valence-electron chi connectivity index (χ0n) is 15.9. The van der Waals surface area contributed by atoms with Crippen LogP contribution in [0.1, 0.15) is 46.0 Å². The van der Waals surface area contributed by atoms with Crippen molar-refractivity contribution < 1.29 is 9.59 Å². The minimum Gasteiger partial charge on any atom is -0.340 e. The maximum atomic E-state index is 13.3. The van der Waals surface area contributed by atoms with E-state index in [2.05, 4.69) is 23.8 Å². The molecule has 1 saturated heterocycles. The zero-order chi connectivity index (χ0) is 18.3. The Morgan fingerprint density at radius 3 is 2.69 bits per heavy atom. The number of carbonyl (C=O) groups excluding carboxylic acids is 2. The Hall–Kier alpha value is -1.85. The molecule has 2 amide bonds. The molecule has 2 aliphatic carbocycles. The third-order valence-electron chi connectivity index (χ3n) is 6.26. The van der Waals surface area contributed by atoms with Crippen LogP contribution in [-0.4, -0.2) is 57.1 Å². The first-order chi connectivity index (χ1) is 12.5. The van der Waals surface area contributed by atoms with E-state index in [0.29, 0.717) is 37.9 Å². The fraction of sp³-hybridized carbons (Fsp3) is 0.750. The number of carbonyl (C=O) groups is 2. The number of hydrogen-bond donors (Lipinski definition) is 0. The second-order valence-electron chi connectivity index (χ2n) is 8.79. The van der Waals surface area contributed by atoms with E-state index in [-0.39, 0.29) is 23.3 Å². The smallest absolute Gasteiger partial charge is 0.230 e. The highest BCUT2D eigenvalue weighted by molar-refractivity contribution is 5.86. The van der Waals surface area contributed by atoms with Crippen LogP contribution in [0.3, 0.4) is 0 Å². The van der Waals surface area contributed by atoms with Gasteiger partial charge in [0.1, 0.15) is 0 Å². The van der Waals surface area contributed by atoms with E-state index >= 15 is 0 Å². The number of aromatic nitrogens is 2. The Morgan fingerprint density at radius 2 is 2.12 bits per heavy atom. The van der Waals surface area contributed by atoms with Crippen LogP contribution in [0.2, 0.25) is 0 Å². The summed E-state index contributed by atoms with van der Waals surface area (Å²) < 4.78 is 1.87. The first-order valence-corrected chi connectivity index (χ1v) is 10.0. The fourth-order valence-corrected chi connectivity index (χ4v) is 4.18. The van der Waals surface area contributed by atoms with Gasteiger partial charge in [0.05, 0.1) is 18.0 Å². The van der Waals surface area contributed by atoms with Crippen molar-refractivity contribution in [2.75, 3.05) is 19.6 Å². The minimum atomic E-state index is -0.303. The number of rotatable bonds is 6. The molecule has 1 atom stereocenters. The fourth-order valence-electron chi connectivity index (χ4n) is 4.18. The van der Waals surface area contributed by atoms with Gasteiger partial charge in [0.25, 0.3) is 0 Å². The van der Waals surface area contributed by atoms with Crippen LogP contribution in [0, 0.1) is 17.3 Å². The Morgan fingerprint density at radius 1 is 1.35 bits per heavy atom. The molecule has 2 heterocycles. The summed E-state index contributed by atoms with van der Waals surface area (Å²) in [6, 6.07) is 2.03. The summed E-state index contributed by atoms with van der Waals surface area (Å²) in [6.45, 7) is 7.10. The van der Waals surface area contributed by atoms with Gasteiger partial charge in [-0.05, 0) is 43.6 Å². The van der Waals surface area contributed by atoms with E-state index in [0.717, 1.165) is 19.4 Å². The molecule has 1 aromatic heterocycles. The Bertz CT molecular complexity index is 661. The van der Waals surface area contributed by atoms with Gasteiger partial charge in [-0.25, -0.2) is 0 Å². The number of amides is 2. The molecule has 3 fully saturated rings. The quantitative estimate of drug-likeness (QED) is 0.783. The minimum absolute atomic E-state index is 0.134. The van der Waals surface area contributed by atoms with Gasteiger partial charge < -0.3 is 9.80 Å². The predicted molar refractivity (Wildman–Crippen MR) is 98.2 cm³/mol. The highest BCUT2D eigenvalue weighted by Crippen LogP contribution is 2.49. The third-order valence-corrected chi connectivity index (χ3v) is 6.26. The van der Waals surface area contributed by atoms with Crippen LogP contribution in [-0.2, 0) is 16.1 Å². The second-order valence-corrected chi connectivity index (χ2v) is 8.79. The van der Waals surface area contributed by atoms with Crippen LogP contribution in [0.5, 0.6) is 0 Å². The maximum absolute atomic E-state index is 13.3. The van der Waals surface area contributed by atoms with Crippen molar-refractivity contribution in [3.63, 3.8) is 0 Å². The van der Waals surface area contributed by atoms with Crippen molar-refractivity contribution in [2.45, 2.75) is 58.5 Å². The molecule has 3 aliphatic rings. The lowest BCUT2D eigenvalue weighted by molar-refractivity contribution is -0.138. The van der Waals surface area contributed by atoms with E-state index in [1.54, 1.807) is 6.20 Å². The van der Waals surface area contributed by atoms with Gasteiger partial charge >= 0.3 is 0 Å². The predicted octanol–water partition coefficient (Wildman–Crippen LogP) is 2.16. The van der Waals surface area contributed by atoms with Gasteiger partial charge in [-0.1, -0.05) is 13.8 Å². The molecule has 0 N–H and O–H groups in total. The van der Waals surface area contributed by atoms with E-state index in [1.165, 1.54) is 12.8 Å². The molecule has 0 radical (unpaired) electrons. The van der Waals surface area contributed by atoms with Crippen molar-refractivity contribution in [1.29, 1.82) is 0 Å². The van der Waals surface area contributed by atoms with Gasteiger partial charge in [-0.3, -0.25) is 14.3 Å². The summed E-state index contributed by atoms with van der Waals surface area (Å²) in [5.41, 5.74) is -0.303. The monoisotopic (exact) mass is 358 g/mol. The van der Waals surface area contributed by atoms with E-state index in [4.69, 9.17) is 0 Å². The van der Waals surface area contributed by atoms with Gasteiger partial charge in [0, 0.05) is 38.4 Å². The summed E-state index contributed by atoms with van der Waals surface area (Å²) in [4.78, 5) is 30.2. The van der Waals surface area contributed by atoms with Crippen molar-refractivity contribution >= 4 is 11.8 Å². The normalized spacial score (nSPS) is 25.5. The number of hydrogen-bond acceptors (Lipinski definition) is 3. The molecule has 4 rings (SSSR count). The molecular weight excluding hydrogens is 328 g/mol. The standard InChI is InChI=1S/C20H30N4O2/c1-15(2)17-13-22(11-6-18(25)24(17)12-16-4-5-16)19(26)20(7-8-20)14-23-10-3-9-21-23/h3,9-10,15-17H,4-8,11-14H2,1-2H3/t17-/m1/s1. The lowest BCUT2D eigenvalue weighted by Gasteiger charge is -2.35. The van der Waals surface area contributed by atoms with Crippen LogP contribution >= 0.6 is 0 Å². The van der Waals surface area contributed by atoms with E-state index in [9.17, 15) is 9.59 Å². The van der Waals surface area contributed by atoms with Gasteiger partial charge in [-0.2, -0.15) is 5.10 Å². The van der Waals surface area contributed by atoms with E-state index in [1.807, 2.05) is 21.8 Å². The molecular formula is C20H30N4O2. The largest absolute Gasteiger partial charge is 0.340 e. The molecule has 2 saturated carbocycles. The average molecular weight is 358 g/mol. The SMILES string of the molecule is CC(C)[C@H]1CN(C(=O)C2(Cn3cccn3)CC2)CCC(=O)N1CC1CC1. The van der Waals surface area contributed by atoms with Crippen molar-refractivity contribution in [2.24, 2.45) is 17.3 Å². The van der Waals surface area contributed by atoms with Gasteiger partial charge in [-0.15, -0.1) is 0 Å². The molecule has 1 aliphatic heterocycles. The number of nitrogens with zero attached hydrogens (tertiary/aromatic N) is 4. The molecule has 0 aromatic carbocycles. The first-order valence-electron chi connectivity index (χ1n) is 10.0. The summed E-state index contributed by atoms with van der Waals surface area (Å²) in [6.07, 6.45) is 8.47. The van der Waals surface area contributed by atoms with Crippen LogP contribution in [0.15, 0.2) is 18.5 Å². The Labute approximate surface area is 155 Å². The van der Waals surface area contributed by atoms with Gasteiger partial charge in [0.15, 0.2) is 0 Å². The van der Waals surface area contributed by atoms with Crippen molar-refractivity contribution in [3.05, 3.63) is 18.5 Å². The van der Waals surface area contributed by atoms with Crippen molar-refractivity contribution in [1.82, 2.24) is 19.6 Å². The lowest BCUT2D eigenvalue weighted by atomic mass is 10.00. The highest BCUT2D eigenvalue weighted by atomic mass is 16.2.